The average molecular weight is 322 g/mol. The maximum atomic E-state index is 12.3. The molecule has 2 heterocycles. The average Bonchev–Trinajstić information content (AvgIpc) is 3.29. The molecule has 0 bridgehead atoms. The Balaban J connectivity index is 1.42. The summed E-state index contributed by atoms with van der Waals surface area (Å²) in [5.74, 6) is 0.373. The smallest absolute Gasteiger partial charge is 0.229 e. The maximum absolute atomic E-state index is 12.3. The molecular formula is C17H14N4OS. The van der Waals surface area contributed by atoms with Gasteiger partial charge in [-0.2, -0.15) is 0 Å². The summed E-state index contributed by atoms with van der Waals surface area (Å²) in [4.78, 5) is 16.4. The fourth-order valence-electron chi connectivity index (χ4n) is 2.63. The first-order valence-corrected chi connectivity index (χ1v) is 8.22. The van der Waals surface area contributed by atoms with Gasteiger partial charge in [0.25, 0.3) is 0 Å². The zero-order chi connectivity index (χ0) is 15.6. The Hall–Kier alpha value is -2.60. The molecule has 0 spiro atoms. The molecule has 6 heteroatoms. The molecular weight excluding hydrogens is 308 g/mol. The van der Waals surface area contributed by atoms with Gasteiger partial charge in [-0.1, -0.05) is 41.7 Å². The first-order valence-electron chi connectivity index (χ1n) is 7.41. The van der Waals surface area contributed by atoms with Crippen LogP contribution in [0.5, 0.6) is 0 Å². The van der Waals surface area contributed by atoms with Crippen LogP contribution in [0, 0.1) is 5.92 Å². The van der Waals surface area contributed by atoms with E-state index in [9.17, 15) is 4.79 Å². The minimum absolute atomic E-state index is 0.0211. The van der Waals surface area contributed by atoms with Gasteiger partial charge in [-0.05, 0) is 30.0 Å². The summed E-state index contributed by atoms with van der Waals surface area (Å²) in [6.45, 7) is 0. The van der Waals surface area contributed by atoms with E-state index >= 15 is 0 Å². The molecule has 23 heavy (non-hydrogen) atoms. The molecule has 0 aliphatic heterocycles. The van der Waals surface area contributed by atoms with E-state index in [1.807, 2.05) is 30.3 Å². The van der Waals surface area contributed by atoms with E-state index in [-0.39, 0.29) is 11.8 Å². The number of carbonyl (C=O) groups excluding carboxylic acids is 1. The van der Waals surface area contributed by atoms with Crippen LogP contribution in [-0.4, -0.2) is 21.1 Å². The van der Waals surface area contributed by atoms with Gasteiger partial charge in [-0.3, -0.25) is 9.78 Å². The van der Waals surface area contributed by atoms with Gasteiger partial charge in [0.15, 0.2) is 5.01 Å². The summed E-state index contributed by atoms with van der Waals surface area (Å²) in [7, 11) is 0. The maximum Gasteiger partial charge on any atom is 0.229 e. The second-order valence-electron chi connectivity index (χ2n) is 5.50. The van der Waals surface area contributed by atoms with Crippen LogP contribution in [0.4, 0.5) is 5.13 Å². The zero-order valence-electron chi connectivity index (χ0n) is 12.2. The Bertz CT molecular complexity index is 819. The van der Waals surface area contributed by atoms with Crippen LogP contribution < -0.4 is 5.32 Å². The van der Waals surface area contributed by atoms with Crippen molar-refractivity contribution < 1.29 is 4.79 Å². The summed E-state index contributed by atoms with van der Waals surface area (Å²) in [6.07, 6.45) is 4.34. The summed E-state index contributed by atoms with van der Waals surface area (Å²) < 4.78 is 0. The molecule has 2 unspecified atom stereocenters. The number of carbonyl (C=O) groups is 1. The standard InChI is InChI=1S/C17H14N4OS/c22-15(14-9-13(14)11-5-2-1-3-6-11)19-17-21-20-16(23-17)12-7-4-8-18-10-12/h1-8,10,13-14H,9H2,(H,19,21,22). The molecule has 1 aliphatic carbocycles. The van der Waals surface area contributed by atoms with Crippen molar-refractivity contribution in [2.24, 2.45) is 5.92 Å². The van der Waals surface area contributed by atoms with Gasteiger partial charge in [-0.25, -0.2) is 0 Å². The predicted molar refractivity (Wildman–Crippen MR) is 89.1 cm³/mol. The van der Waals surface area contributed by atoms with Crippen molar-refractivity contribution in [2.75, 3.05) is 5.32 Å². The Morgan fingerprint density at radius 2 is 2.00 bits per heavy atom. The van der Waals surface area contributed by atoms with Gasteiger partial charge in [0.05, 0.1) is 0 Å². The molecule has 2 aromatic heterocycles. The molecule has 1 fully saturated rings. The number of hydrogen-bond acceptors (Lipinski definition) is 5. The molecule has 1 amide bonds. The highest BCUT2D eigenvalue weighted by atomic mass is 32.1. The summed E-state index contributed by atoms with van der Waals surface area (Å²) >= 11 is 1.36. The fraction of sp³-hybridized carbons (Fsp3) is 0.176. The lowest BCUT2D eigenvalue weighted by molar-refractivity contribution is -0.117. The van der Waals surface area contributed by atoms with Crippen molar-refractivity contribution in [1.82, 2.24) is 15.2 Å². The monoisotopic (exact) mass is 322 g/mol. The highest BCUT2D eigenvalue weighted by Gasteiger charge is 2.44. The molecule has 2 atom stereocenters. The van der Waals surface area contributed by atoms with Gasteiger partial charge in [0, 0.05) is 23.9 Å². The van der Waals surface area contributed by atoms with E-state index in [1.165, 1.54) is 16.9 Å². The summed E-state index contributed by atoms with van der Waals surface area (Å²) in [5, 5.41) is 12.3. The number of aromatic nitrogens is 3. The first kappa shape index (κ1) is 14.0. The van der Waals surface area contributed by atoms with E-state index in [2.05, 4.69) is 32.6 Å². The molecule has 5 nitrogen and oxygen atoms in total. The minimum atomic E-state index is 0.0211. The second kappa shape index (κ2) is 5.89. The van der Waals surface area contributed by atoms with Gasteiger partial charge in [0.2, 0.25) is 11.0 Å². The van der Waals surface area contributed by atoms with Gasteiger partial charge in [0.1, 0.15) is 0 Å². The Kier molecular flexibility index (Phi) is 3.59. The van der Waals surface area contributed by atoms with Crippen LogP contribution in [0.15, 0.2) is 54.9 Å². The molecule has 1 N–H and O–H groups in total. The molecule has 114 valence electrons. The zero-order valence-corrected chi connectivity index (χ0v) is 13.0. The van der Waals surface area contributed by atoms with Gasteiger partial charge >= 0.3 is 0 Å². The number of anilines is 1. The van der Waals surface area contributed by atoms with Crippen LogP contribution in [0.3, 0.4) is 0 Å². The molecule has 1 aromatic carbocycles. The molecule has 0 radical (unpaired) electrons. The third kappa shape index (κ3) is 2.98. The largest absolute Gasteiger partial charge is 0.300 e. The lowest BCUT2D eigenvalue weighted by atomic mass is 10.1. The fourth-order valence-corrected chi connectivity index (χ4v) is 3.37. The number of benzene rings is 1. The number of nitrogens with zero attached hydrogens (tertiary/aromatic N) is 3. The van der Waals surface area contributed by atoms with Crippen LogP contribution in [-0.2, 0) is 4.79 Å². The summed E-state index contributed by atoms with van der Waals surface area (Å²) in [6, 6.07) is 13.9. The number of hydrogen-bond donors (Lipinski definition) is 1. The molecule has 3 aromatic rings. The van der Waals surface area contributed by atoms with Crippen LogP contribution in [0.25, 0.3) is 10.6 Å². The first-order chi connectivity index (χ1) is 11.3. The van der Waals surface area contributed by atoms with Crippen molar-refractivity contribution >= 4 is 22.4 Å². The number of nitrogens with one attached hydrogen (secondary N) is 1. The highest BCUT2D eigenvalue weighted by molar-refractivity contribution is 7.18. The van der Waals surface area contributed by atoms with E-state index in [4.69, 9.17) is 0 Å². The van der Waals surface area contributed by atoms with Crippen LogP contribution in [0.2, 0.25) is 0 Å². The van der Waals surface area contributed by atoms with Crippen molar-refractivity contribution in [3.63, 3.8) is 0 Å². The molecule has 1 aliphatic rings. The van der Waals surface area contributed by atoms with Crippen molar-refractivity contribution in [3.8, 4) is 10.6 Å². The van der Waals surface area contributed by atoms with Crippen molar-refractivity contribution in [3.05, 3.63) is 60.4 Å². The van der Waals surface area contributed by atoms with Gasteiger partial charge < -0.3 is 5.32 Å². The quantitative estimate of drug-likeness (QED) is 0.800. The number of amides is 1. The highest BCUT2D eigenvalue weighted by Crippen LogP contribution is 2.48. The third-order valence-electron chi connectivity index (χ3n) is 3.92. The predicted octanol–water partition coefficient (Wildman–Crippen LogP) is 3.34. The topological polar surface area (TPSA) is 67.8 Å². The van der Waals surface area contributed by atoms with Crippen LogP contribution in [0.1, 0.15) is 17.9 Å². The molecule has 0 saturated heterocycles. The molecule has 4 rings (SSSR count). The lowest BCUT2D eigenvalue weighted by Crippen LogP contribution is -2.14. The van der Waals surface area contributed by atoms with E-state index in [0.717, 1.165) is 17.0 Å². The lowest BCUT2D eigenvalue weighted by Gasteiger charge is -2.00. The SMILES string of the molecule is O=C(Nc1nnc(-c2cccnc2)s1)C1CC1c1ccccc1. The van der Waals surface area contributed by atoms with E-state index in [1.54, 1.807) is 12.4 Å². The summed E-state index contributed by atoms with van der Waals surface area (Å²) in [5.41, 5.74) is 2.13. The van der Waals surface area contributed by atoms with Crippen LogP contribution >= 0.6 is 11.3 Å². The Morgan fingerprint density at radius 3 is 2.78 bits per heavy atom. The van der Waals surface area contributed by atoms with E-state index in [0.29, 0.717) is 11.0 Å². The molecule has 1 saturated carbocycles. The number of rotatable bonds is 4. The van der Waals surface area contributed by atoms with Crippen molar-refractivity contribution in [1.29, 1.82) is 0 Å². The second-order valence-corrected chi connectivity index (χ2v) is 6.48. The van der Waals surface area contributed by atoms with Gasteiger partial charge in [-0.15, -0.1) is 10.2 Å². The number of pyridine rings is 1. The third-order valence-corrected chi connectivity index (χ3v) is 4.81. The van der Waals surface area contributed by atoms with E-state index < -0.39 is 0 Å². The van der Waals surface area contributed by atoms with Crippen molar-refractivity contribution in [2.45, 2.75) is 12.3 Å². The normalized spacial score (nSPS) is 19.3. The minimum Gasteiger partial charge on any atom is -0.300 e. The Morgan fingerprint density at radius 1 is 1.13 bits per heavy atom. The Labute approximate surface area is 137 Å².